The fourth-order valence-electron chi connectivity index (χ4n) is 3.83. The molecule has 3 heterocycles. The van der Waals surface area contributed by atoms with Crippen molar-refractivity contribution in [3.05, 3.63) is 47.8 Å². The number of benzene rings is 1. The predicted octanol–water partition coefficient (Wildman–Crippen LogP) is 2.55. The first-order valence-corrected chi connectivity index (χ1v) is 9.88. The summed E-state index contributed by atoms with van der Waals surface area (Å²) in [6.45, 7) is 3.44. The highest BCUT2D eigenvalue weighted by Crippen LogP contribution is 2.45. The monoisotopic (exact) mass is 405 g/mol. The number of hydrogen-bond acceptors (Lipinski definition) is 8. The van der Waals surface area contributed by atoms with Crippen LogP contribution in [-0.4, -0.2) is 41.8 Å². The Labute approximate surface area is 173 Å². The van der Waals surface area contributed by atoms with Crippen LogP contribution in [-0.2, 0) is 5.60 Å². The van der Waals surface area contributed by atoms with E-state index in [1.807, 2.05) is 18.2 Å². The number of nitrogens with zero attached hydrogens (tertiary/aromatic N) is 6. The maximum atomic E-state index is 10.1. The molecule has 0 aliphatic heterocycles. The molecule has 0 amide bonds. The van der Waals surface area contributed by atoms with Crippen molar-refractivity contribution in [1.82, 2.24) is 29.5 Å². The van der Waals surface area contributed by atoms with Gasteiger partial charge < -0.3 is 15.6 Å². The summed E-state index contributed by atoms with van der Waals surface area (Å²) in [5.74, 6) is 3.05. The topological polar surface area (TPSA) is 124 Å². The zero-order valence-corrected chi connectivity index (χ0v) is 17.1. The second-order valence-corrected chi connectivity index (χ2v) is 8.31. The Bertz CT molecular complexity index is 1240. The van der Waals surface area contributed by atoms with Gasteiger partial charge in [0.2, 0.25) is 5.95 Å². The third-order valence-corrected chi connectivity index (χ3v) is 5.77. The molecule has 1 aromatic carbocycles. The normalized spacial score (nSPS) is 19.2. The van der Waals surface area contributed by atoms with Gasteiger partial charge >= 0.3 is 0 Å². The fraction of sp³-hybridized carbons (Fsp3) is 0.381. The van der Waals surface area contributed by atoms with Crippen LogP contribution in [0.1, 0.15) is 55.7 Å². The van der Waals surface area contributed by atoms with Gasteiger partial charge in [-0.3, -0.25) is 0 Å². The number of ether oxygens (including phenoxy) is 1. The summed E-state index contributed by atoms with van der Waals surface area (Å²) in [5.41, 5.74) is 7.31. The quantitative estimate of drug-likeness (QED) is 0.531. The van der Waals surface area contributed by atoms with E-state index in [2.05, 4.69) is 20.1 Å². The molecule has 3 N–H and O–H groups in total. The van der Waals surface area contributed by atoms with E-state index in [-0.39, 0.29) is 11.8 Å². The Hall–Kier alpha value is -3.33. The van der Waals surface area contributed by atoms with Crippen molar-refractivity contribution in [2.24, 2.45) is 0 Å². The summed E-state index contributed by atoms with van der Waals surface area (Å²) in [6.07, 6.45) is 5.15. The molecule has 154 valence electrons. The van der Waals surface area contributed by atoms with Crippen LogP contribution >= 0.6 is 0 Å². The lowest BCUT2D eigenvalue weighted by atomic mass is 9.74. The van der Waals surface area contributed by atoms with Gasteiger partial charge in [-0.1, -0.05) is 0 Å². The van der Waals surface area contributed by atoms with Gasteiger partial charge in [-0.2, -0.15) is 4.52 Å². The largest absolute Gasteiger partial charge is 0.497 e. The summed E-state index contributed by atoms with van der Waals surface area (Å²) < 4.78 is 6.88. The SMILES string of the molecule is COc1ccc2c(c1)nc(N)n1nc(C3CC(c4ncc(C(C)(C)O)cn4)C3)nc21. The number of aliphatic hydroxyl groups is 1. The summed E-state index contributed by atoms with van der Waals surface area (Å²) in [7, 11) is 1.62. The Balaban J connectivity index is 1.40. The van der Waals surface area contributed by atoms with Gasteiger partial charge in [-0.05, 0) is 38.8 Å². The number of nitrogens with two attached hydrogens (primary N) is 1. The fourth-order valence-corrected chi connectivity index (χ4v) is 3.83. The smallest absolute Gasteiger partial charge is 0.223 e. The summed E-state index contributed by atoms with van der Waals surface area (Å²) in [6, 6.07) is 5.65. The molecule has 0 unspecified atom stereocenters. The van der Waals surface area contributed by atoms with Crippen molar-refractivity contribution >= 4 is 22.5 Å². The van der Waals surface area contributed by atoms with Crippen molar-refractivity contribution in [1.29, 1.82) is 0 Å². The molecule has 5 rings (SSSR count). The molecule has 4 aromatic rings. The van der Waals surface area contributed by atoms with E-state index in [1.54, 1.807) is 37.9 Å². The second-order valence-electron chi connectivity index (χ2n) is 8.31. The van der Waals surface area contributed by atoms with Gasteiger partial charge in [0.25, 0.3) is 0 Å². The van der Waals surface area contributed by atoms with Gasteiger partial charge in [0.15, 0.2) is 11.5 Å². The molecule has 1 aliphatic rings. The number of hydrogen-bond donors (Lipinski definition) is 2. The molecule has 1 fully saturated rings. The molecule has 1 saturated carbocycles. The van der Waals surface area contributed by atoms with E-state index in [0.29, 0.717) is 17.2 Å². The number of fused-ring (bicyclic) bond motifs is 3. The lowest BCUT2D eigenvalue weighted by Crippen LogP contribution is -2.24. The highest BCUT2D eigenvalue weighted by atomic mass is 16.5. The Morgan fingerprint density at radius 2 is 1.80 bits per heavy atom. The molecule has 9 heteroatoms. The van der Waals surface area contributed by atoms with Crippen molar-refractivity contribution in [3.63, 3.8) is 0 Å². The highest BCUT2D eigenvalue weighted by Gasteiger charge is 2.36. The summed E-state index contributed by atoms with van der Waals surface area (Å²) in [4.78, 5) is 18.1. The lowest BCUT2D eigenvalue weighted by molar-refractivity contribution is 0.0776. The second kappa shape index (κ2) is 6.60. The zero-order chi connectivity index (χ0) is 21.0. The molecule has 0 bridgehead atoms. The molecular formula is C21H23N7O2. The maximum absolute atomic E-state index is 10.1. The minimum atomic E-state index is -0.943. The van der Waals surface area contributed by atoms with E-state index >= 15 is 0 Å². The van der Waals surface area contributed by atoms with Gasteiger partial charge in [-0.15, -0.1) is 5.10 Å². The molecule has 3 aromatic heterocycles. The van der Waals surface area contributed by atoms with E-state index < -0.39 is 5.60 Å². The average molecular weight is 405 g/mol. The number of methoxy groups -OCH3 is 1. The van der Waals surface area contributed by atoms with Crippen LogP contribution in [0.3, 0.4) is 0 Å². The molecule has 1 aliphatic carbocycles. The van der Waals surface area contributed by atoms with E-state index in [4.69, 9.17) is 15.5 Å². The van der Waals surface area contributed by atoms with Gasteiger partial charge in [0.1, 0.15) is 11.6 Å². The first kappa shape index (κ1) is 18.7. The first-order valence-electron chi connectivity index (χ1n) is 9.88. The van der Waals surface area contributed by atoms with Crippen LogP contribution in [0.4, 0.5) is 5.95 Å². The molecule has 0 atom stereocenters. The van der Waals surface area contributed by atoms with Crippen LogP contribution in [0.2, 0.25) is 0 Å². The number of anilines is 1. The first-order chi connectivity index (χ1) is 14.3. The van der Waals surface area contributed by atoms with Crippen molar-refractivity contribution < 1.29 is 9.84 Å². The molecule has 0 spiro atoms. The van der Waals surface area contributed by atoms with Crippen molar-refractivity contribution in [2.45, 2.75) is 44.1 Å². The third-order valence-electron chi connectivity index (χ3n) is 5.77. The number of rotatable bonds is 4. The van der Waals surface area contributed by atoms with Crippen LogP contribution in [0.25, 0.3) is 16.6 Å². The van der Waals surface area contributed by atoms with E-state index in [0.717, 1.165) is 41.1 Å². The lowest BCUT2D eigenvalue weighted by Gasteiger charge is -2.32. The zero-order valence-electron chi connectivity index (χ0n) is 17.1. The van der Waals surface area contributed by atoms with E-state index in [9.17, 15) is 5.11 Å². The Kier molecular flexibility index (Phi) is 4.11. The third kappa shape index (κ3) is 3.02. The highest BCUT2D eigenvalue weighted by molar-refractivity contribution is 5.93. The molecule has 0 saturated heterocycles. The van der Waals surface area contributed by atoms with Crippen molar-refractivity contribution in [2.75, 3.05) is 12.8 Å². The molecule has 9 nitrogen and oxygen atoms in total. The number of aromatic nitrogens is 6. The van der Waals surface area contributed by atoms with Crippen molar-refractivity contribution in [3.8, 4) is 5.75 Å². The standard InChI is InChI=1S/C21H23N7O2/c1-21(2,29)13-9-23-17(24-10-13)11-6-12(7-11)18-26-19-15-5-4-14(30-3)8-16(15)25-20(22)28(19)27-18/h4-5,8-12,29H,6-7H2,1-3H3,(H2,22,25). The summed E-state index contributed by atoms with van der Waals surface area (Å²) in [5, 5.41) is 15.5. The van der Waals surface area contributed by atoms with Gasteiger partial charge in [0.05, 0.1) is 18.2 Å². The van der Waals surface area contributed by atoms with E-state index in [1.165, 1.54) is 0 Å². The predicted molar refractivity (Wildman–Crippen MR) is 111 cm³/mol. The van der Waals surface area contributed by atoms with Crippen LogP contribution < -0.4 is 10.5 Å². The molecule has 30 heavy (non-hydrogen) atoms. The molecule has 0 radical (unpaired) electrons. The van der Waals surface area contributed by atoms with Crippen LogP contribution in [0.15, 0.2) is 30.6 Å². The Morgan fingerprint density at radius 1 is 1.10 bits per heavy atom. The minimum Gasteiger partial charge on any atom is -0.497 e. The average Bonchev–Trinajstić information content (AvgIpc) is 3.12. The maximum Gasteiger partial charge on any atom is 0.223 e. The van der Waals surface area contributed by atoms with Gasteiger partial charge in [-0.25, -0.2) is 19.9 Å². The van der Waals surface area contributed by atoms with Crippen LogP contribution in [0, 0.1) is 0 Å². The summed E-state index contributed by atoms with van der Waals surface area (Å²) >= 11 is 0. The molecular weight excluding hydrogens is 382 g/mol. The minimum absolute atomic E-state index is 0.222. The number of nitrogen functional groups attached to an aromatic ring is 1. The Morgan fingerprint density at radius 3 is 2.47 bits per heavy atom. The van der Waals surface area contributed by atoms with Crippen LogP contribution in [0.5, 0.6) is 5.75 Å². The van der Waals surface area contributed by atoms with Gasteiger partial charge in [0, 0.05) is 41.2 Å².